The Bertz CT molecular complexity index is 842. The van der Waals surface area contributed by atoms with Gasteiger partial charge < -0.3 is 0 Å². The second-order valence-corrected chi connectivity index (χ2v) is 7.01. The minimum absolute atomic E-state index is 0.0494. The van der Waals surface area contributed by atoms with Gasteiger partial charge in [0.25, 0.3) is 0 Å². The van der Waals surface area contributed by atoms with Gasteiger partial charge in [0.2, 0.25) is 0 Å². The summed E-state index contributed by atoms with van der Waals surface area (Å²) in [7, 11) is 2.06. The second kappa shape index (κ2) is 5.20. The molecule has 0 spiro atoms. The van der Waals surface area contributed by atoms with Crippen molar-refractivity contribution >= 4 is 10.8 Å². The monoisotopic (exact) mass is 291 g/mol. The fraction of sp³-hybridized carbons (Fsp3) is 0.300. The van der Waals surface area contributed by atoms with Crippen LogP contribution in [0.3, 0.4) is 0 Å². The lowest BCUT2D eigenvalue weighted by Crippen LogP contribution is -2.33. The van der Waals surface area contributed by atoms with Gasteiger partial charge in [-0.25, -0.2) is 4.57 Å². The second-order valence-electron chi connectivity index (χ2n) is 7.01. The average Bonchev–Trinajstić information content (AvgIpc) is 2.46. The zero-order valence-electron chi connectivity index (χ0n) is 14.0. The van der Waals surface area contributed by atoms with Crippen LogP contribution in [-0.4, -0.2) is 4.98 Å². The standard InChI is InChI=1S/C20H23N2/c1-14-12-15-8-6-7-9-16(15)13-17(14)19-21-18(20(2,3)4)10-11-22(19)5/h6-13H,1-5H3/q+1. The molecular formula is C20H23N2+. The van der Waals surface area contributed by atoms with Crippen molar-refractivity contribution in [2.24, 2.45) is 7.05 Å². The first kappa shape index (κ1) is 14.7. The van der Waals surface area contributed by atoms with Crippen molar-refractivity contribution in [3.63, 3.8) is 0 Å². The third kappa shape index (κ3) is 2.61. The molecule has 0 radical (unpaired) electrons. The maximum absolute atomic E-state index is 4.94. The highest BCUT2D eigenvalue weighted by molar-refractivity contribution is 5.87. The summed E-state index contributed by atoms with van der Waals surface area (Å²) in [6, 6.07) is 15.1. The molecule has 1 aromatic heterocycles. The van der Waals surface area contributed by atoms with Crippen LogP contribution in [0.2, 0.25) is 0 Å². The predicted molar refractivity (Wildman–Crippen MR) is 91.8 cm³/mol. The minimum atomic E-state index is 0.0494. The van der Waals surface area contributed by atoms with E-state index < -0.39 is 0 Å². The first-order valence-electron chi connectivity index (χ1n) is 7.73. The van der Waals surface area contributed by atoms with Crippen LogP contribution < -0.4 is 4.57 Å². The van der Waals surface area contributed by atoms with Gasteiger partial charge in [0.05, 0.1) is 18.8 Å². The van der Waals surface area contributed by atoms with Crippen molar-refractivity contribution in [1.29, 1.82) is 0 Å². The fourth-order valence-electron chi connectivity index (χ4n) is 2.75. The number of hydrogen-bond acceptors (Lipinski definition) is 1. The van der Waals surface area contributed by atoms with E-state index in [1.54, 1.807) is 0 Å². The first-order valence-corrected chi connectivity index (χ1v) is 7.73. The lowest BCUT2D eigenvalue weighted by atomic mass is 9.91. The third-order valence-corrected chi connectivity index (χ3v) is 4.12. The van der Waals surface area contributed by atoms with Gasteiger partial charge >= 0.3 is 5.82 Å². The van der Waals surface area contributed by atoms with Gasteiger partial charge in [0.15, 0.2) is 5.69 Å². The molecule has 0 saturated carbocycles. The molecule has 1 heterocycles. The molecule has 3 rings (SSSR count). The number of benzene rings is 2. The van der Waals surface area contributed by atoms with Crippen molar-refractivity contribution in [2.45, 2.75) is 33.1 Å². The van der Waals surface area contributed by atoms with Crippen molar-refractivity contribution < 1.29 is 4.57 Å². The molecule has 0 N–H and O–H groups in total. The maximum Gasteiger partial charge on any atom is 0.330 e. The third-order valence-electron chi connectivity index (χ3n) is 4.12. The average molecular weight is 291 g/mol. The Kier molecular flexibility index (Phi) is 3.48. The number of fused-ring (bicyclic) bond motifs is 1. The number of aryl methyl sites for hydroxylation is 2. The van der Waals surface area contributed by atoms with E-state index in [1.165, 1.54) is 21.9 Å². The quantitative estimate of drug-likeness (QED) is 0.610. The molecule has 0 aliphatic carbocycles. The van der Waals surface area contributed by atoms with Gasteiger partial charge in [-0.15, -0.1) is 0 Å². The summed E-state index contributed by atoms with van der Waals surface area (Å²) in [6.45, 7) is 8.76. The van der Waals surface area contributed by atoms with E-state index in [0.29, 0.717) is 0 Å². The Morgan fingerprint density at radius 3 is 2.23 bits per heavy atom. The Morgan fingerprint density at radius 2 is 1.59 bits per heavy atom. The van der Waals surface area contributed by atoms with Crippen molar-refractivity contribution in [2.75, 3.05) is 0 Å². The topological polar surface area (TPSA) is 16.8 Å². The number of hydrogen-bond donors (Lipinski definition) is 0. The summed E-state index contributed by atoms with van der Waals surface area (Å²) in [5.41, 5.74) is 3.63. The number of aromatic nitrogens is 2. The van der Waals surface area contributed by atoms with E-state index in [4.69, 9.17) is 4.98 Å². The smallest absolute Gasteiger partial charge is 0.233 e. The summed E-state index contributed by atoms with van der Waals surface area (Å²) in [5.74, 6) is 1.02. The predicted octanol–water partition coefficient (Wildman–Crippen LogP) is 4.33. The lowest BCUT2D eigenvalue weighted by Gasteiger charge is -2.14. The van der Waals surface area contributed by atoms with Gasteiger partial charge in [-0.2, -0.15) is 0 Å². The Balaban J connectivity index is 2.24. The lowest BCUT2D eigenvalue weighted by molar-refractivity contribution is -0.663. The molecule has 0 aliphatic rings. The SMILES string of the molecule is Cc1cc2ccccc2cc1-c1nc(C(C)(C)C)cc[n+]1C. The van der Waals surface area contributed by atoms with Crippen molar-refractivity contribution in [3.05, 3.63) is 59.9 Å². The first-order chi connectivity index (χ1) is 10.4. The van der Waals surface area contributed by atoms with Crippen LogP contribution in [0.5, 0.6) is 0 Å². The molecule has 22 heavy (non-hydrogen) atoms. The summed E-state index contributed by atoms with van der Waals surface area (Å²) < 4.78 is 2.10. The zero-order chi connectivity index (χ0) is 15.9. The molecule has 2 nitrogen and oxygen atoms in total. The van der Waals surface area contributed by atoms with Gasteiger partial charge in [0.1, 0.15) is 0 Å². The Morgan fingerprint density at radius 1 is 0.955 bits per heavy atom. The fourth-order valence-corrected chi connectivity index (χ4v) is 2.75. The highest BCUT2D eigenvalue weighted by Gasteiger charge is 2.25. The molecule has 2 heteroatoms. The van der Waals surface area contributed by atoms with Crippen LogP contribution in [-0.2, 0) is 12.5 Å². The molecule has 0 aliphatic heterocycles. The maximum atomic E-state index is 4.94. The molecular weight excluding hydrogens is 268 g/mol. The molecule has 0 bridgehead atoms. The molecule has 0 atom stereocenters. The molecule has 0 fully saturated rings. The van der Waals surface area contributed by atoms with Gasteiger partial charge in [-0.05, 0) is 34.3 Å². The Hall–Kier alpha value is -2.22. The minimum Gasteiger partial charge on any atom is -0.233 e. The normalized spacial score (nSPS) is 11.9. The molecule has 3 aromatic rings. The number of nitrogens with zero attached hydrogens (tertiary/aromatic N) is 2. The summed E-state index contributed by atoms with van der Waals surface area (Å²) in [4.78, 5) is 4.94. The van der Waals surface area contributed by atoms with E-state index >= 15 is 0 Å². The molecule has 2 aromatic carbocycles. The molecule has 0 saturated heterocycles. The van der Waals surface area contributed by atoms with Crippen LogP contribution in [0.15, 0.2) is 48.7 Å². The van der Waals surface area contributed by atoms with Gasteiger partial charge in [-0.3, -0.25) is 0 Å². The highest BCUT2D eigenvalue weighted by atomic mass is 15.0. The van der Waals surface area contributed by atoms with E-state index in [9.17, 15) is 0 Å². The van der Waals surface area contributed by atoms with Crippen LogP contribution in [0.4, 0.5) is 0 Å². The van der Waals surface area contributed by atoms with Crippen molar-refractivity contribution in [1.82, 2.24) is 4.98 Å². The molecule has 0 amide bonds. The van der Waals surface area contributed by atoms with Crippen molar-refractivity contribution in [3.8, 4) is 11.4 Å². The van der Waals surface area contributed by atoms with Gasteiger partial charge in [-0.1, -0.05) is 51.1 Å². The van der Waals surface area contributed by atoms with E-state index in [2.05, 4.69) is 88.0 Å². The van der Waals surface area contributed by atoms with E-state index in [-0.39, 0.29) is 5.41 Å². The van der Waals surface area contributed by atoms with Crippen LogP contribution >= 0.6 is 0 Å². The number of rotatable bonds is 1. The largest absolute Gasteiger partial charge is 0.330 e. The van der Waals surface area contributed by atoms with E-state index in [0.717, 1.165) is 11.5 Å². The zero-order valence-corrected chi connectivity index (χ0v) is 14.0. The summed E-state index contributed by atoms with van der Waals surface area (Å²) in [5, 5.41) is 2.53. The molecule has 0 unspecified atom stereocenters. The van der Waals surface area contributed by atoms with E-state index in [1.807, 2.05) is 0 Å². The Labute approximate surface area is 132 Å². The van der Waals surface area contributed by atoms with Crippen LogP contribution in [0, 0.1) is 6.92 Å². The molecule has 112 valence electrons. The van der Waals surface area contributed by atoms with Crippen LogP contribution in [0.1, 0.15) is 32.0 Å². The summed E-state index contributed by atoms with van der Waals surface area (Å²) in [6.07, 6.45) is 2.11. The van der Waals surface area contributed by atoms with Gasteiger partial charge in [0, 0.05) is 11.5 Å². The highest BCUT2D eigenvalue weighted by Crippen LogP contribution is 2.27. The van der Waals surface area contributed by atoms with Crippen LogP contribution in [0.25, 0.3) is 22.2 Å². The summed E-state index contributed by atoms with van der Waals surface area (Å²) >= 11 is 0.